The molecule has 0 saturated heterocycles. The molecule has 1 aromatic carbocycles. The van der Waals surface area contributed by atoms with E-state index < -0.39 is 10.0 Å². The number of rotatable bonds is 3. The molecular formula is C8H9BrN6O2S. The molecule has 0 fully saturated rings. The van der Waals surface area contributed by atoms with Crippen molar-refractivity contribution in [3.63, 3.8) is 0 Å². The molecule has 0 radical (unpaired) electrons. The Labute approximate surface area is 111 Å². The summed E-state index contributed by atoms with van der Waals surface area (Å²) < 4.78 is 26.7. The van der Waals surface area contributed by atoms with E-state index in [0.29, 0.717) is 10.2 Å². The first-order valence-corrected chi connectivity index (χ1v) is 6.98. The van der Waals surface area contributed by atoms with Crippen LogP contribution >= 0.6 is 15.9 Å². The van der Waals surface area contributed by atoms with Crippen molar-refractivity contribution in [2.24, 2.45) is 7.05 Å². The molecule has 96 valence electrons. The number of nitrogen functional groups attached to an aromatic ring is 1. The van der Waals surface area contributed by atoms with Crippen molar-refractivity contribution in [1.82, 2.24) is 20.2 Å². The van der Waals surface area contributed by atoms with E-state index in [1.54, 1.807) is 0 Å². The highest BCUT2D eigenvalue weighted by molar-refractivity contribution is 9.10. The summed E-state index contributed by atoms with van der Waals surface area (Å²) in [6.45, 7) is 0. The Hall–Kier alpha value is -1.68. The van der Waals surface area contributed by atoms with E-state index >= 15 is 0 Å². The number of nitrogens with zero attached hydrogens (tertiary/aromatic N) is 4. The van der Waals surface area contributed by atoms with E-state index in [4.69, 9.17) is 5.73 Å². The Kier molecular flexibility index (Phi) is 3.22. The van der Waals surface area contributed by atoms with Crippen molar-refractivity contribution in [2.75, 3.05) is 10.5 Å². The lowest BCUT2D eigenvalue weighted by Gasteiger charge is -2.06. The number of anilines is 2. The van der Waals surface area contributed by atoms with Crippen LogP contribution in [-0.4, -0.2) is 28.6 Å². The average Bonchev–Trinajstić information content (AvgIpc) is 2.62. The summed E-state index contributed by atoms with van der Waals surface area (Å²) in [6.07, 6.45) is 0. The standard InChI is InChI=1S/C8H9BrN6O2S/c1-15-12-8(11-14-15)13-18(16,17)7-3-2-5(10)4-6(7)9/h2-4H,10H2,1H3,(H,12,13). The van der Waals surface area contributed by atoms with Gasteiger partial charge in [0.15, 0.2) is 0 Å². The lowest BCUT2D eigenvalue weighted by molar-refractivity contribution is 0.600. The van der Waals surface area contributed by atoms with Crippen molar-refractivity contribution in [2.45, 2.75) is 4.90 Å². The van der Waals surface area contributed by atoms with Gasteiger partial charge in [0.1, 0.15) is 4.90 Å². The molecule has 2 rings (SSSR count). The number of nitrogens with two attached hydrogens (primary N) is 1. The van der Waals surface area contributed by atoms with Gasteiger partial charge in [0.05, 0.1) is 7.05 Å². The highest BCUT2D eigenvalue weighted by Gasteiger charge is 2.19. The maximum Gasteiger partial charge on any atom is 0.277 e. The molecule has 1 heterocycles. The van der Waals surface area contributed by atoms with E-state index in [9.17, 15) is 8.42 Å². The molecule has 8 nitrogen and oxygen atoms in total. The third-order valence-corrected chi connectivity index (χ3v) is 4.28. The van der Waals surface area contributed by atoms with Crippen LogP contribution in [0.25, 0.3) is 0 Å². The van der Waals surface area contributed by atoms with Crippen LogP contribution < -0.4 is 10.5 Å². The highest BCUT2D eigenvalue weighted by atomic mass is 79.9. The lowest BCUT2D eigenvalue weighted by Crippen LogP contribution is -2.15. The summed E-state index contributed by atoms with van der Waals surface area (Å²) in [5.41, 5.74) is 6.00. The van der Waals surface area contributed by atoms with Crippen LogP contribution in [0.2, 0.25) is 0 Å². The van der Waals surface area contributed by atoms with Crippen LogP contribution in [0, 0.1) is 0 Å². The second-order valence-electron chi connectivity index (χ2n) is 3.40. The number of hydrogen-bond donors (Lipinski definition) is 2. The van der Waals surface area contributed by atoms with Crippen molar-refractivity contribution >= 4 is 37.6 Å². The molecule has 0 amide bonds. The lowest BCUT2D eigenvalue weighted by atomic mass is 10.3. The van der Waals surface area contributed by atoms with E-state index in [1.807, 2.05) is 0 Å². The van der Waals surface area contributed by atoms with Gasteiger partial charge in [-0.25, -0.2) is 13.1 Å². The Morgan fingerprint density at radius 2 is 2.17 bits per heavy atom. The smallest absolute Gasteiger partial charge is 0.277 e. The van der Waals surface area contributed by atoms with Crippen LogP contribution in [0.5, 0.6) is 0 Å². The van der Waals surface area contributed by atoms with Gasteiger partial charge in [-0.3, -0.25) is 0 Å². The molecular weight excluding hydrogens is 324 g/mol. The number of halogens is 1. The Bertz CT molecular complexity index is 683. The minimum atomic E-state index is -3.78. The second kappa shape index (κ2) is 4.53. The summed E-state index contributed by atoms with van der Waals surface area (Å²) in [5, 5.41) is 10.8. The normalized spacial score (nSPS) is 11.4. The summed E-state index contributed by atoms with van der Waals surface area (Å²) >= 11 is 3.14. The number of aryl methyl sites for hydroxylation is 1. The zero-order valence-electron chi connectivity index (χ0n) is 9.20. The van der Waals surface area contributed by atoms with Gasteiger partial charge in [-0.1, -0.05) is 5.10 Å². The molecule has 0 atom stereocenters. The third-order valence-electron chi connectivity index (χ3n) is 1.98. The molecule has 0 aliphatic heterocycles. The molecule has 1 aromatic heterocycles. The predicted octanol–water partition coefficient (Wildman–Crippen LogP) is 0.356. The van der Waals surface area contributed by atoms with Crippen LogP contribution in [0.3, 0.4) is 0 Å². The fourth-order valence-electron chi connectivity index (χ4n) is 1.24. The number of tetrazole rings is 1. The van der Waals surface area contributed by atoms with Gasteiger partial charge in [-0.2, -0.15) is 4.80 Å². The first-order chi connectivity index (χ1) is 8.38. The van der Waals surface area contributed by atoms with Crippen LogP contribution in [-0.2, 0) is 17.1 Å². The molecule has 0 aliphatic rings. The molecule has 0 bridgehead atoms. The van der Waals surface area contributed by atoms with Gasteiger partial charge in [0.25, 0.3) is 16.0 Å². The maximum atomic E-state index is 12.0. The SMILES string of the molecule is Cn1nnc(NS(=O)(=O)c2ccc(N)cc2Br)n1. The first kappa shape index (κ1) is 12.8. The molecule has 18 heavy (non-hydrogen) atoms. The summed E-state index contributed by atoms with van der Waals surface area (Å²) in [7, 11) is -2.25. The second-order valence-corrected chi connectivity index (χ2v) is 5.90. The van der Waals surface area contributed by atoms with E-state index in [1.165, 1.54) is 25.2 Å². The van der Waals surface area contributed by atoms with Crippen molar-refractivity contribution < 1.29 is 8.42 Å². The molecule has 10 heteroatoms. The van der Waals surface area contributed by atoms with Gasteiger partial charge in [0.2, 0.25) is 0 Å². The van der Waals surface area contributed by atoms with Crippen LogP contribution in [0.4, 0.5) is 11.6 Å². The zero-order chi connectivity index (χ0) is 13.3. The Morgan fingerprint density at radius 1 is 1.44 bits per heavy atom. The predicted molar refractivity (Wildman–Crippen MR) is 68.2 cm³/mol. The summed E-state index contributed by atoms with van der Waals surface area (Å²) in [5.74, 6) is -0.0961. The minimum absolute atomic E-state index is 0.0455. The van der Waals surface area contributed by atoms with Crippen molar-refractivity contribution in [1.29, 1.82) is 0 Å². The molecule has 3 N–H and O–H groups in total. The molecule has 2 aromatic rings. The Balaban J connectivity index is 2.36. The molecule has 0 saturated carbocycles. The van der Waals surface area contributed by atoms with Crippen LogP contribution in [0.15, 0.2) is 27.6 Å². The fraction of sp³-hybridized carbons (Fsp3) is 0.125. The van der Waals surface area contributed by atoms with Gasteiger partial charge in [-0.15, -0.1) is 5.10 Å². The number of nitrogens with one attached hydrogen (secondary N) is 1. The molecule has 0 unspecified atom stereocenters. The fourth-order valence-corrected chi connectivity index (χ4v) is 3.27. The van der Waals surface area contributed by atoms with E-state index in [2.05, 4.69) is 36.1 Å². The molecule has 0 spiro atoms. The number of sulfonamides is 1. The monoisotopic (exact) mass is 332 g/mol. The first-order valence-electron chi connectivity index (χ1n) is 4.70. The zero-order valence-corrected chi connectivity index (χ0v) is 11.6. The minimum Gasteiger partial charge on any atom is -0.399 e. The van der Waals surface area contributed by atoms with Crippen molar-refractivity contribution in [3.8, 4) is 0 Å². The quantitative estimate of drug-likeness (QED) is 0.783. The topological polar surface area (TPSA) is 116 Å². The number of benzene rings is 1. The summed E-state index contributed by atoms with van der Waals surface area (Å²) in [6, 6.07) is 4.38. The molecule has 0 aliphatic carbocycles. The number of aromatic nitrogens is 4. The van der Waals surface area contributed by atoms with E-state index in [0.717, 1.165) is 4.80 Å². The Morgan fingerprint density at radius 3 is 2.72 bits per heavy atom. The third kappa shape index (κ3) is 2.59. The van der Waals surface area contributed by atoms with Crippen molar-refractivity contribution in [3.05, 3.63) is 22.7 Å². The maximum absolute atomic E-state index is 12.0. The van der Waals surface area contributed by atoms with Gasteiger partial charge >= 0.3 is 0 Å². The van der Waals surface area contributed by atoms with Gasteiger partial charge in [0, 0.05) is 10.2 Å². The van der Waals surface area contributed by atoms with Crippen LogP contribution in [0.1, 0.15) is 0 Å². The summed E-state index contributed by atoms with van der Waals surface area (Å²) in [4.78, 5) is 1.19. The highest BCUT2D eigenvalue weighted by Crippen LogP contribution is 2.25. The van der Waals surface area contributed by atoms with E-state index in [-0.39, 0.29) is 10.8 Å². The average molecular weight is 333 g/mol. The van der Waals surface area contributed by atoms with Gasteiger partial charge < -0.3 is 5.73 Å². The largest absolute Gasteiger partial charge is 0.399 e. The van der Waals surface area contributed by atoms with Gasteiger partial charge in [-0.05, 0) is 39.3 Å². The number of hydrogen-bond acceptors (Lipinski definition) is 6.